The maximum atomic E-state index is 11.3. The van der Waals surface area contributed by atoms with Crippen LogP contribution in [-0.2, 0) is 9.78 Å². The summed E-state index contributed by atoms with van der Waals surface area (Å²) in [5.41, 5.74) is -0.0794. The van der Waals surface area contributed by atoms with E-state index in [1.165, 1.54) is 26.4 Å². The molecule has 0 fully saturated rings. The lowest BCUT2D eigenvalue weighted by molar-refractivity contribution is -0.244. The number of aromatic carboxylic acids is 1. The fraction of sp³-hybridized carbons (Fsp3) is 0.333. The Balaban J connectivity index is 3.10. The van der Waals surface area contributed by atoms with Gasteiger partial charge in [0.25, 0.3) is 0 Å². The van der Waals surface area contributed by atoms with Crippen LogP contribution in [0, 0.1) is 0 Å². The number of hydrogen-bond acceptors (Lipinski definition) is 7. The van der Waals surface area contributed by atoms with Crippen molar-refractivity contribution < 1.29 is 38.7 Å². The number of carboxylic acid groups (broad SMARTS) is 1. The Morgan fingerprint density at radius 1 is 1.15 bits per heavy atom. The molecular weight excluding hydrogens is 272 g/mol. The van der Waals surface area contributed by atoms with Crippen molar-refractivity contribution in [2.24, 2.45) is 0 Å². The molecular formula is C12H14O8. The number of carboxylic acids is 1. The first-order valence-electron chi connectivity index (χ1n) is 5.54. The van der Waals surface area contributed by atoms with Crippen LogP contribution in [0.3, 0.4) is 0 Å². The van der Waals surface area contributed by atoms with Gasteiger partial charge in [0.15, 0.2) is 11.5 Å². The van der Waals surface area contributed by atoms with Gasteiger partial charge in [0.2, 0.25) is 5.75 Å². The SMILES string of the molecule is CCOOC(=O)Oc1c(OC)cc(C(=O)O)cc1OC. The molecule has 1 aromatic carbocycles. The smallest absolute Gasteiger partial charge is 0.493 e. The predicted octanol–water partition coefficient (Wildman–Crippen LogP) is 1.87. The summed E-state index contributed by atoms with van der Waals surface area (Å²) in [4.78, 5) is 31.0. The average Bonchev–Trinajstić information content (AvgIpc) is 2.44. The molecule has 110 valence electrons. The van der Waals surface area contributed by atoms with E-state index in [4.69, 9.17) is 19.3 Å². The molecule has 8 heteroatoms. The molecule has 0 radical (unpaired) electrons. The molecule has 1 aromatic rings. The quantitative estimate of drug-likeness (QED) is 0.366. The fourth-order valence-electron chi connectivity index (χ4n) is 1.31. The van der Waals surface area contributed by atoms with Gasteiger partial charge in [-0.3, -0.25) is 4.89 Å². The Morgan fingerprint density at radius 3 is 2.10 bits per heavy atom. The molecule has 8 nitrogen and oxygen atoms in total. The van der Waals surface area contributed by atoms with E-state index in [0.29, 0.717) is 0 Å². The molecule has 0 aliphatic heterocycles. The summed E-state index contributed by atoms with van der Waals surface area (Å²) in [7, 11) is 2.59. The zero-order valence-electron chi connectivity index (χ0n) is 11.2. The van der Waals surface area contributed by atoms with Crippen LogP contribution in [-0.4, -0.2) is 38.1 Å². The molecule has 0 aliphatic carbocycles. The Bertz CT molecular complexity index is 471. The number of carbonyl (C=O) groups excluding carboxylic acids is 1. The zero-order valence-corrected chi connectivity index (χ0v) is 11.2. The van der Waals surface area contributed by atoms with Crippen LogP contribution >= 0.6 is 0 Å². The number of carbonyl (C=O) groups is 2. The van der Waals surface area contributed by atoms with E-state index in [1.54, 1.807) is 6.92 Å². The normalized spacial score (nSPS) is 9.75. The summed E-state index contributed by atoms with van der Waals surface area (Å²) in [6.45, 7) is 1.78. The summed E-state index contributed by atoms with van der Waals surface area (Å²) in [6, 6.07) is 2.38. The molecule has 0 bridgehead atoms. The van der Waals surface area contributed by atoms with E-state index < -0.39 is 12.1 Å². The van der Waals surface area contributed by atoms with Crippen molar-refractivity contribution >= 4 is 12.1 Å². The fourth-order valence-corrected chi connectivity index (χ4v) is 1.31. The minimum Gasteiger partial charge on any atom is -0.493 e. The second-order valence-corrected chi connectivity index (χ2v) is 3.36. The second-order valence-electron chi connectivity index (χ2n) is 3.36. The minimum atomic E-state index is -1.18. The molecule has 0 aromatic heterocycles. The number of rotatable bonds is 6. The monoisotopic (exact) mass is 286 g/mol. The number of methoxy groups -OCH3 is 2. The Kier molecular flexibility index (Phi) is 5.60. The van der Waals surface area contributed by atoms with Crippen LogP contribution in [0.2, 0.25) is 0 Å². The molecule has 0 saturated heterocycles. The van der Waals surface area contributed by atoms with Crippen molar-refractivity contribution in [2.75, 3.05) is 20.8 Å². The first kappa shape index (κ1) is 15.6. The predicted molar refractivity (Wildman–Crippen MR) is 65.2 cm³/mol. The van der Waals surface area contributed by atoms with Crippen molar-refractivity contribution in [1.82, 2.24) is 0 Å². The van der Waals surface area contributed by atoms with E-state index in [0.717, 1.165) is 0 Å². The van der Waals surface area contributed by atoms with E-state index in [-0.39, 0.29) is 29.4 Å². The van der Waals surface area contributed by atoms with Gasteiger partial charge in [-0.15, -0.1) is 0 Å². The third kappa shape index (κ3) is 3.75. The molecule has 0 aliphatic rings. The molecule has 0 amide bonds. The van der Waals surface area contributed by atoms with Crippen molar-refractivity contribution in [3.8, 4) is 17.2 Å². The van der Waals surface area contributed by atoms with Crippen LogP contribution < -0.4 is 14.2 Å². The van der Waals surface area contributed by atoms with E-state index >= 15 is 0 Å². The molecule has 1 rings (SSSR count). The Labute approximate surface area is 114 Å². The van der Waals surface area contributed by atoms with Gasteiger partial charge in [0.05, 0.1) is 26.4 Å². The lowest BCUT2D eigenvalue weighted by atomic mass is 10.2. The molecule has 0 atom stereocenters. The first-order valence-corrected chi connectivity index (χ1v) is 5.54. The van der Waals surface area contributed by atoms with E-state index in [1.807, 2.05) is 0 Å². The van der Waals surface area contributed by atoms with Gasteiger partial charge < -0.3 is 19.3 Å². The van der Waals surface area contributed by atoms with Gasteiger partial charge in [-0.1, -0.05) is 0 Å². The highest BCUT2D eigenvalue weighted by atomic mass is 17.2. The maximum Gasteiger partial charge on any atom is 0.546 e. The molecule has 0 unspecified atom stereocenters. The Morgan fingerprint density at radius 2 is 1.70 bits per heavy atom. The molecule has 0 saturated carbocycles. The van der Waals surface area contributed by atoms with Crippen molar-refractivity contribution in [3.63, 3.8) is 0 Å². The van der Waals surface area contributed by atoms with Gasteiger partial charge in [-0.25, -0.2) is 9.59 Å². The van der Waals surface area contributed by atoms with Gasteiger partial charge in [-0.05, 0) is 19.1 Å². The molecule has 1 N–H and O–H groups in total. The number of ether oxygens (including phenoxy) is 3. The highest BCUT2D eigenvalue weighted by Crippen LogP contribution is 2.38. The second kappa shape index (κ2) is 7.19. The first-order chi connectivity index (χ1) is 9.53. The van der Waals surface area contributed by atoms with Crippen LogP contribution in [0.15, 0.2) is 12.1 Å². The summed E-state index contributed by atoms with van der Waals surface area (Å²) in [6.07, 6.45) is -1.13. The number of benzene rings is 1. The summed E-state index contributed by atoms with van der Waals surface area (Å²) in [5, 5.41) is 8.95. The largest absolute Gasteiger partial charge is 0.546 e. The third-order valence-electron chi connectivity index (χ3n) is 2.14. The highest BCUT2D eigenvalue weighted by molar-refractivity contribution is 5.89. The highest BCUT2D eigenvalue weighted by Gasteiger charge is 2.21. The van der Waals surface area contributed by atoms with Crippen molar-refractivity contribution in [3.05, 3.63) is 17.7 Å². The lowest BCUT2D eigenvalue weighted by Gasteiger charge is -2.13. The van der Waals surface area contributed by atoms with Crippen molar-refractivity contribution in [2.45, 2.75) is 6.92 Å². The molecule has 20 heavy (non-hydrogen) atoms. The zero-order chi connectivity index (χ0) is 15.1. The van der Waals surface area contributed by atoms with E-state index in [9.17, 15) is 9.59 Å². The standard InChI is InChI=1S/C12H14O8/c1-4-18-20-12(15)19-10-8(16-2)5-7(11(13)14)6-9(10)17-3/h5-6H,4H2,1-3H3,(H,13,14). The van der Waals surface area contributed by atoms with Crippen molar-refractivity contribution in [1.29, 1.82) is 0 Å². The lowest BCUT2D eigenvalue weighted by Crippen LogP contribution is -2.13. The third-order valence-corrected chi connectivity index (χ3v) is 2.14. The molecule has 0 heterocycles. The van der Waals surface area contributed by atoms with Gasteiger partial charge >= 0.3 is 12.1 Å². The minimum absolute atomic E-state index is 0.00944. The van der Waals surface area contributed by atoms with Gasteiger partial charge in [0, 0.05) is 0 Å². The number of hydrogen-bond donors (Lipinski definition) is 1. The topological polar surface area (TPSA) is 101 Å². The van der Waals surface area contributed by atoms with E-state index in [2.05, 4.69) is 9.78 Å². The van der Waals surface area contributed by atoms with Crippen LogP contribution in [0.25, 0.3) is 0 Å². The van der Waals surface area contributed by atoms with Crippen LogP contribution in [0.5, 0.6) is 17.2 Å². The average molecular weight is 286 g/mol. The Hall–Kier alpha value is -2.48. The van der Waals surface area contributed by atoms with Crippen LogP contribution in [0.1, 0.15) is 17.3 Å². The van der Waals surface area contributed by atoms with Gasteiger partial charge in [0.1, 0.15) is 0 Å². The van der Waals surface area contributed by atoms with Crippen LogP contribution in [0.4, 0.5) is 4.79 Å². The summed E-state index contributed by atoms with van der Waals surface area (Å²) >= 11 is 0. The summed E-state index contributed by atoms with van der Waals surface area (Å²) < 4.78 is 14.8. The van der Waals surface area contributed by atoms with Gasteiger partial charge in [-0.2, -0.15) is 4.89 Å². The maximum absolute atomic E-state index is 11.3. The summed E-state index contributed by atoms with van der Waals surface area (Å²) in [5.74, 6) is -1.26. The molecule has 0 spiro atoms.